The van der Waals surface area contributed by atoms with Gasteiger partial charge in [-0.15, -0.1) is 0 Å². The SMILES string of the molecule is CCC1(c2ccc(NC(=O)c3cc(F)c(C)c([N+](=O)[O-])c3)cc2)CCC(=O)NC1=O. The number of benzene rings is 2. The van der Waals surface area contributed by atoms with Gasteiger partial charge in [0.2, 0.25) is 11.8 Å². The van der Waals surface area contributed by atoms with Gasteiger partial charge < -0.3 is 5.32 Å². The van der Waals surface area contributed by atoms with Crippen LogP contribution in [0.5, 0.6) is 0 Å². The summed E-state index contributed by atoms with van der Waals surface area (Å²) in [6.07, 6.45) is 1.14. The Kier molecular flexibility index (Phi) is 5.64. The molecule has 8 nitrogen and oxygen atoms in total. The summed E-state index contributed by atoms with van der Waals surface area (Å²) >= 11 is 0. The summed E-state index contributed by atoms with van der Waals surface area (Å²) in [5, 5.41) is 16.0. The van der Waals surface area contributed by atoms with E-state index in [0.29, 0.717) is 24.1 Å². The largest absolute Gasteiger partial charge is 0.322 e. The van der Waals surface area contributed by atoms with Crippen molar-refractivity contribution in [2.24, 2.45) is 0 Å². The molecule has 1 unspecified atom stereocenters. The van der Waals surface area contributed by atoms with E-state index in [0.717, 1.165) is 12.1 Å². The molecule has 3 rings (SSSR count). The lowest BCUT2D eigenvalue weighted by molar-refractivity contribution is -0.385. The third-order valence-corrected chi connectivity index (χ3v) is 5.54. The summed E-state index contributed by atoms with van der Waals surface area (Å²) in [6.45, 7) is 3.14. The van der Waals surface area contributed by atoms with Gasteiger partial charge in [-0.1, -0.05) is 19.1 Å². The number of halogens is 1. The summed E-state index contributed by atoms with van der Waals surface area (Å²) in [7, 11) is 0. The zero-order valence-electron chi connectivity index (χ0n) is 16.5. The Morgan fingerprint density at radius 1 is 1.27 bits per heavy atom. The molecule has 3 amide bonds. The minimum absolute atomic E-state index is 0.144. The summed E-state index contributed by atoms with van der Waals surface area (Å²) < 4.78 is 14.0. The van der Waals surface area contributed by atoms with E-state index in [-0.39, 0.29) is 29.4 Å². The van der Waals surface area contributed by atoms with E-state index in [4.69, 9.17) is 0 Å². The first-order valence-corrected chi connectivity index (χ1v) is 9.38. The average molecular weight is 413 g/mol. The summed E-state index contributed by atoms with van der Waals surface area (Å²) in [6, 6.07) is 8.53. The van der Waals surface area contributed by atoms with Gasteiger partial charge in [0, 0.05) is 23.7 Å². The van der Waals surface area contributed by atoms with Crippen LogP contribution >= 0.6 is 0 Å². The fourth-order valence-electron chi connectivity index (χ4n) is 3.63. The highest BCUT2D eigenvalue weighted by Crippen LogP contribution is 2.36. The molecular formula is C21H20FN3O5. The number of hydrogen-bond acceptors (Lipinski definition) is 5. The van der Waals surface area contributed by atoms with E-state index in [1.165, 1.54) is 6.92 Å². The van der Waals surface area contributed by atoms with Gasteiger partial charge in [-0.2, -0.15) is 0 Å². The Balaban J connectivity index is 1.82. The van der Waals surface area contributed by atoms with Crippen molar-refractivity contribution < 1.29 is 23.7 Å². The third-order valence-electron chi connectivity index (χ3n) is 5.54. The Bertz CT molecular complexity index is 1050. The molecule has 0 bridgehead atoms. The molecule has 1 aliphatic heterocycles. The monoisotopic (exact) mass is 413 g/mol. The van der Waals surface area contributed by atoms with E-state index in [9.17, 15) is 28.9 Å². The van der Waals surface area contributed by atoms with Gasteiger partial charge >= 0.3 is 0 Å². The number of carbonyl (C=O) groups excluding carboxylic acids is 3. The third kappa shape index (κ3) is 3.78. The van der Waals surface area contributed by atoms with Crippen LogP contribution in [0.1, 0.15) is 47.7 Å². The van der Waals surface area contributed by atoms with Gasteiger partial charge in [0.25, 0.3) is 11.6 Å². The molecule has 2 aromatic rings. The molecule has 30 heavy (non-hydrogen) atoms. The van der Waals surface area contributed by atoms with Crippen LogP contribution in [-0.4, -0.2) is 22.6 Å². The number of amides is 3. The van der Waals surface area contributed by atoms with Crippen LogP contribution in [0.25, 0.3) is 0 Å². The molecule has 0 saturated carbocycles. The highest BCUT2D eigenvalue weighted by molar-refractivity contribution is 6.05. The molecular weight excluding hydrogens is 393 g/mol. The predicted octanol–water partition coefficient (Wildman–Crippen LogP) is 3.38. The van der Waals surface area contributed by atoms with E-state index in [2.05, 4.69) is 10.6 Å². The number of nitrogens with one attached hydrogen (secondary N) is 2. The van der Waals surface area contributed by atoms with Gasteiger partial charge in [0.15, 0.2) is 0 Å². The second kappa shape index (κ2) is 8.02. The van der Waals surface area contributed by atoms with Gasteiger partial charge in [-0.3, -0.25) is 29.8 Å². The van der Waals surface area contributed by atoms with Crippen LogP contribution in [0.2, 0.25) is 0 Å². The molecule has 2 aromatic carbocycles. The van der Waals surface area contributed by atoms with Gasteiger partial charge in [0.1, 0.15) is 5.82 Å². The predicted molar refractivity (Wildman–Crippen MR) is 107 cm³/mol. The molecule has 0 aliphatic carbocycles. The number of anilines is 1. The maximum Gasteiger partial charge on any atom is 0.276 e. The quantitative estimate of drug-likeness (QED) is 0.443. The molecule has 0 aromatic heterocycles. The number of rotatable bonds is 5. The fraction of sp³-hybridized carbons (Fsp3) is 0.286. The first-order valence-electron chi connectivity index (χ1n) is 9.38. The molecule has 2 N–H and O–H groups in total. The number of hydrogen-bond donors (Lipinski definition) is 2. The molecule has 1 aliphatic rings. The number of carbonyl (C=O) groups is 3. The maximum absolute atomic E-state index is 14.0. The van der Waals surface area contributed by atoms with Crippen molar-refractivity contribution in [1.82, 2.24) is 5.32 Å². The minimum atomic E-state index is -0.840. The zero-order valence-corrected chi connectivity index (χ0v) is 16.5. The topological polar surface area (TPSA) is 118 Å². The van der Waals surface area contributed by atoms with Crippen LogP contribution < -0.4 is 10.6 Å². The van der Waals surface area contributed by atoms with Crippen molar-refractivity contribution >= 4 is 29.1 Å². The van der Waals surface area contributed by atoms with E-state index in [1.807, 2.05) is 6.92 Å². The van der Waals surface area contributed by atoms with Crippen molar-refractivity contribution in [2.75, 3.05) is 5.32 Å². The maximum atomic E-state index is 14.0. The van der Waals surface area contributed by atoms with Crippen molar-refractivity contribution in [1.29, 1.82) is 0 Å². The van der Waals surface area contributed by atoms with Crippen LogP contribution in [-0.2, 0) is 15.0 Å². The highest BCUT2D eigenvalue weighted by Gasteiger charge is 2.42. The van der Waals surface area contributed by atoms with Crippen molar-refractivity contribution in [2.45, 2.75) is 38.5 Å². The minimum Gasteiger partial charge on any atom is -0.322 e. The van der Waals surface area contributed by atoms with E-state index >= 15 is 0 Å². The number of nitro benzene ring substituents is 1. The van der Waals surface area contributed by atoms with Crippen LogP contribution in [0.4, 0.5) is 15.8 Å². The van der Waals surface area contributed by atoms with Gasteiger partial charge in [-0.05, 0) is 43.5 Å². The number of nitro groups is 1. The second-order valence-electron chi connectivity index (χ2n) is 7.20. The van der Waals surface area contributed by atoms with E-state index < -0.39 is 27.8 Å². The van der Waals surface area contributed by atoms with Crippen LogP contribution in [0.15, 0.2) is 36.4 Å². The first kappa shape index (κ1) is 21.1. The summed E-state index contributed by atoms with van der Waals surface area (Å²) in [5.74, 6) is -2.18. The van der Waals surface area contributed by atoms with Crippen LogP contribution in [0, 0.1) is 22.9 Å². The molecule has 0 radical (unpaired) electrons. The van der Waals surface area contributed by atoms with Gasteiger partial charge in [0.05, 0.1) is 15.9 Å². The number of piperidine rings is 1. The lowest BCUT2D eigenvalue weighted by Gasteiger charge is -2.35. The van der Waals surface area contributed by atoms with Crippen molar-refractivity contribution in [3.8, 4) is 0 Å². The molecule has 1 fully saturated rings. The summed E-state index contributed by atoms with van der Waals surface area (Å²) in [4.78, 5) is 46.7. The van der Waals surface area contributed by atoms with Gasteiger partial charge in [-0.25, -0.2) is 4.39 Å². The van der Waals surface area contributed by atoms with Crippen molar-refractivity contribution in [3.63, 3.8) is 0 Å². The summed E-state index contributed by atoms with van der Waals surface area (Å²) in [5.41, 5.74) is -0.523. The average Bonchev–Trinajstić information content (AvgIpc) is 2.71. The second-order valence-corrected chi connectivity index (χ2v) is 7.20. The lowest BCUT2D eigenvalue weighted by atomic mass is 9.72. The smallest absolute Gasteiger partial charge is 0.276 e. The Labute approximate surface area is 171 Å². The molecule has 0 spiro atoms. The Morgan fingerprint density at radius 3 is 2.50 bits per heavy atom. The zero-order chi connectivity index (χ0) is 22.1. The Hall–Kier alpha value is -3.62. The van der Waals surface area contributed by atoms with E-state index in [1.54, 1.807) is 24.3 Å². The fourth-order valence-corrected chi connectivity index (χ4v) is 3.63. The van der Waals surface area contributed by atoms with Crippen LogP contribution in [0.3, 0.4) is 0 Å². The molecule has 156 valence electrons. The normalized spacial score (nSPS) is 18.6. The number of nitrogens with zero attached hydrogens (tertiary/aromatic N) is 1. The first-order chi connectivity index (χ1) is 14.2. The standard InChI is InChI=1S/C21H20FN3O5/c1-3-21(9-8-18(26)24-20(21)28)14-4-6-15(7-5-14)23-19(27)13-10-16(22)12(2)17(11-13)25(29)30/h4-7,10-11H,3,8-9H2,1-2H3,(H,23,27)(H,24,26,28). The molecule has 1 heterocycles. The van der Waals surface area contributed by atoms with Crippen molar-refractivity contribution in [3.05, 3.63) is 69.0 Å². The Morgan fingerprint density at radius 2 is 1.93 bits per heavy atom. The lowest BCUT2D eigenvalue weighted by Crippen LogP contribution is -2.51. The molecule has 9 heteroatoms. The molecule has 1 atom stereocenters. The number of imide groups is 1. The highest BCUT2D eigenvalue weighted by atomic mass is 19.1. The molecule has 1 saturated heterocycles.